The van der Waals surface area contributed by atoms with Gasteiger partial charge in [-0.15, -0.1) is 0 Å². The van der Waals surface area contributed by atoms with Crippen LogP contribution >= 0.6 is 15.9 Å². The maximum atomic E-state index is 13.7. The van der Waals surface area contributed by atoms with Crippen LogP contribution in [0.1, 0.15) is 27.0 Å². The third-order valence-corrected chi connectivity index (χ3v) is 7.22. The maximum Gasteiger partial charge on any atom is 0.337 e. The van der Waals surface area contributed by atoms with Crippen molar-refractivity contribution in [3.05, 3.63) is 89.0 Å². The molecule has 0 fully saturated rings. The molecule has 8 heteroatoms. The van der Waals surface area contributed by atoms with Crippen LogP contribution in [0.2, 0.25) is 0 Å². The smallest absolute Gasteiger partial charge is 0.337 e. The summed E-state index contributed by atoms with van der Waals surface area (Å²) >= 11 is 3.34. The van der Waals surface area contributed by atoms with E-state index in [1.165, 1.54) is 29.6 Å². The lowest BCUT2D eigenvalue weighted by Crippen LogP contribution is -2.32. The van der Waals surface area contributed by atoms with E-state index < -0.39 is 16.0 Å². The molecule has 0 aliphatic rings. The molecule has 0 saturated heterocycles. The molecule has 0 radical (unpaired) electrons. The van der Waals surface area contributed by atoms with Crippen LogP contribution in [-0.2, 0) is 21.9 Å². The molecule has 0 atom stereocenters. The van der Waals surface area contributed by atoms with Crippen molar-refractivity contribution < 1.29 is 23.1 Å². The highest BCUT2D eigenvalue weighted by Gasteiger charge is 2.30. The Labute approximate surface area is 190 Å². The summed E-state index contributed by atoms with van der Waals surface area (Å²) in [6, 6.07) is 18.4. The number of hydrogen-bond donors (Lipinski definition) is 1. The second kappa shape index (κ2) is 9.53. The Morgan fingerprint density at radius 1 is 1.03 bits per heavy atom. The number of anilines is 1. The zero-order valence-corrected chi connectivity index (χ0v) is 19.5. The summed E-state index contributed by atoms with van der Waals surface area (Å²) in [6.45, 7) is 1.71. The Hall–Kier alpha value is -2.84. The number of nitrogens with zero attached hydrogens (tertiary/aromatic N) is 1. The number of carboxylic acids is 1. The van der Waals surface area contributed by atoms with Crippen LogP contribution in [0.4, 0.5) is 5.69 Å². The molecule has 0 unspecified atom stereocenters. The molecule has 6 nitrogen and oxygen atoms in total. The summed E-state index contributed by atoms with van der Waals surface area (Å²) in [4.78, 5) is 12.1. The molecule has 31 heavy (non-hydrogen) atoms. The van der Waals surface area contributed by atoms with Crippen LogP contribution in [0.15, 0.2) is 71.6 Å². The van der Waals surface area contributed by atoms with E-state index in [4.69, 9.17) is 4.74 Å². The maximum absolute atomic E-state index is 13.7. The average molecular weight is 504 g/mol. The first kappa shape index (κ1) is 22.8. The summed E-state index contributed by atoms with van der Waals surface area (Å²) in [5.41, 5.74) is 2.13. The van der Waals surface area contributed by atoms with E-state index in [0.717, 1.165) is 11.1 Å². The van der Waals surface area contributed by atoms with E-state index in [1.54, 1.807) is 37.3 Å². The van der Waals surface area contributed by atoms with Crippen LogP contribution in [-0.4, -0.2) is 26.6 Å². The van der Waals surface area contributed by atoms with E-state index in [9.17, 15) is 18.3 Å². The molecule has 0 bridgehead atoms. The number of rotatable bonds is 8. The number of carbonyl (C=O) groups is 1. The number of halogens is 1. The Kier molecular flexibility index (Phi) is 7.02. The van der Waals surface area contributed by atoms with Crippen molar-refractivity contribution in [1.82, 2.24) is 0 Å². The molecular formula is C23H22BrNO5S. The molecule has 0 aromatic heterocycles. The molecule has 162 valence electrons. The van der Waals surface area contributed by atoms with Crippen LogP contribution in [0.5, 0.6) is 5.75 Å². The number of benzene rings is 3. The van der Waals surface area contributed by atoms with Gasteiger partial charge < -0.3 is 9.84 Å². The minimum Gasteiger partial charge on any atom is -0.497 e. The SMILES string of the molecule is COc1ccc(S(=O)(=O)N(Cc2ccccc2)c2c(C)cc(CBr)cc2C(=O)O)cc1. The van der Waals surface area contributed by atoms with Gasteiger partial charge in [-0.3, -0.25) is 4.31 Å². The van der Waals surface area contributed by atoms with Gasteiger partial charge in [-0.25, -0.2) is 13.2 Å². The molecule has 0 aliphatic carbocycles. The molecule has 3 rings (SSSR count). The van der Waals surface area contributed by atoms with Crippen molar-refractivity contribution in [3.63, 3.8) is 0 Å². The molecule has 3 aromatic carbocycles. The Morgan fingerprint density at radius 2 is 1.68 bits per heavy atom. The number of aromatic carboxylic acids is 1. The van der Waals surface area contributed by atoms with Crippen molar-refractivity contribution in [3.8, 4) is 5.75 Å². The number of sulfonamides is 1. The van der Waals surface area contributed by atoms with Crippen LogP contribution < -0.4 is 9.04 Å². The highest BCUT2D eigenvalue weighted by Crippen LogP contribution is 2.34. The van der Waals surface area contributed by atoms with Gasteiger partial charge in [-0.1, -0.05) is 52.3 Å². The zero-order chi connectivity index (χ0) is 22.6. The van der Waals surface area contributed by atoms with Gasteiger partial charge in [0.25, 0.3) is 10.0 Å². The largest absolute Gasteiger partial charge is 0.497 e. The van der Waals surface area contributed by atoms with E-state index >= 15 is 0 Å². The first-order chi connectivity index (χ1) is 14.8. The normalized spacial score (nSPS) is 11.2. The van der Waals surface area contributed by atoms with Gasteiger partial charge in [0.1, 0.15) is 5.75 Å². The minimum atomic E-state index is -4.07. The molecule has 0 aliphatic heterocycles. The predicted octanol–water partition coefficient (Wildman–Crippen LogP) is 4.99. The molecule has 3 aromatic rings. The molecule has 0 amide bonds. The first-order valence-electron chi connectivity index (χ1n) is 9.41. The Balaban J connectivity index is 2.23. The third kappa shape index (κ3) is 4.91. The zero-order valence-electron chi connectivity index (χ0n) is 17.1. The van der Waals surface area contributed by atoms with Crippen molar-refractivity contribution in [2.75, 3.05) is 11.4 Å². The summed E-state index contributed by atoms with van der Waals surface area (Å²) in [7, 11) is -2.57. The molecular weight excluding hydrogens is 482 g/mol. The van der Waals surface area contributed by atoms with Crippen molar-refractivity contribution in [2.45, 2.75) is 23.7 Å². The van der Waals surface area contributed by atoms with Crippen molar-refractivity contribution in [1.29, 1.82) is 0 Å². The summed E-state index contributed by atoms with van der Waals surface area (Å²) in [5.74, 6) is -0.665. The number of hydrogen-bond acceptors (Lipinski definition) is 4. The lowest BCUT2D eigenvalue weighted by Gasteiger charge is -2.28. The predicted molar refractivity (Wildman–Crippen MR) is 124 cm³/mol. The third-order valence-electron chi connectivity index (χ3n) is 4.81. The molecule has 1 N–H and O–H groups in total. The lowest BCUT2D eigenvalue weighted by atomic mass is 10.0. The first-order valence-corrected chi connectivity index (χ1v) is 12.0. The average Bonchev–Trinajstić information content (AvgIpc) is 2.77. The summed E-state index contributed by atoms with van der Waals surface area (Å²) in [5, 5.41) is 10.3. The lowest BCUT2D eigenvalue weighted by molar-refractivity contribution is 0.0697. The van der Waals surface area contributed by atoms with Crippen LogP contribution in [0.25, 0.3) is 0 Å². The number of ether oxygens (including phenoxy) is 1. The fourth-order valence-corrected chi connectivity index (χ4v) is 5.19. The Morgan fingerprint density at radius 3 is 2.23 bits per heavy atom. The summed E-state index contributed by atoms with van der Waals surface area (Å²) in [6.07, 6.45) is 0. The number of alkyl halides is 1. The Bertz CT molecular complexity index is 1180. The molecule has 0 heterocycles. The second-order valence-electron chi connectivity index (χ2n) is 6.92. The van der Waals surface area contributed by atoms with Gasteiger partial charge in [0, 0.05) is 5.33 Å². The van der Waals surface area contributed by atoms with Crippen molar-refractivity contribution in [2.24, 2.45) is 0 Å². The van der Waals surface area contributed by atoms with Gasteiger partial charge in [0.05, 0.1) is 29.8 Å². The fraction of sp³-hybridized carbons (Fsp3) is 0.174. The topological polar surface area (TPSA) is 83.9 Å². The van der Waals surface area contributed by atoms with E-state index in [-0.39, 0.29) is 22.7 Å². The van der Waals surface area contributed by atoms with Gasteiger partial charge in [-0.05, 0) is 53.9 Å². The van der Waals surface area contributed by atoms with Gasteiger partial charge >= 0.3 is 5.97 Å². The summed E-state index contributed by atoms with van der Waals surface area (Å²) < 4.78 is 33.7. The quantitative estimate of drug-likeness (QED) is 0.437. The van der Waals surface area contributed by atoms with Gasteiger partial charge in [0.2, 0.25) is 0 Å². The fourth-order valence-electron chi connectivity index (χ4n) is 3.33. The molecule has 0 saturated carbocycles. The van der Waals surface area contributed by atoms with Crippen LogP contribution in [0.3, 0.4) is 0 Å². The van der Waals surface area contributed by atoms with E-state index in [0.29, 0.717) is 16.6 Å². The van der Waals surface area contributed by atoms with Gasteiger partial charge in [0.15, 0.2) is 0 Å². The highest BCUT2D eigenvalue weighted by atomic mass is 79.9. The number of methoxy groups -OCH3 is 1. The van der Waals surface area contributed by atoms with E-state index in [1.807, 2.05) is 18.2 Å². The second-order valence-corrected chi connectivity index (χ2v) is 9.34. The minimum absolute atomic E-state index is 0.00994. The highest BCUT2D eigenvalue weighted by molar-refractivity contribution is 9.08. The van der Waals surface area contributed by atoms with E-state index in [2.05, 4.69) is 15.9 Å². The van der Waals surface area contributed by atoms with Crippen molar-refractivity contribution >= 4 is 37.6 Å². The number of carboxylic acid groups (broad SMARTS) is 1. The van der Waals surface area contributed by atoms with Gasteiger partial charge in [-0.2, -0.15) is 0 Å². The monoisotopic (exact) mass is 503 g/mol. The standard InChI is InChI=1S/C23H22BrNO5S/c1-16-12-18(14-24)13-21(23(26)27)22(16)25(15-17-6-4-3-5-7-17)31(28,29)20-10-8-19(30-2)9-11-20/h3-13H,14-15H2,1-2H3,(H,26,27). The van der Waals surface area contributed by atoms with Crippen LogP contribution in [0, 0.1) is 6.92 Å². The molecule has 0 spiro atoms. The number of aryl methyl sites for hydroxylation is 1.